The van der Waals surface area contributed by atoms with E-state index in [0.29, 0.717) is 24.5 Å². The number of imidazole rings is 1. The molecule has 3 rings (SSSR count). The average molecular weight is 259 g/mol. The lowest BCUT2D eigenvalue weighted by Crippen LogP contribution is -2.47. The van der Waals surface area contributed by atoms with Crippen molar-refractivity contribution < 1.29 is 9.59 Å². The summed E-state index contributed by atoms with van der Waals surface area (Å²) in [6.07, 6.45) is 0.792. The molecule has 1 atom stereocenters. The first kappa shape index (κ1) is 11.5. The molecule has 0 radical (unpaired) electrons. The number of amides is 2. The van der Waals surface area contributed by atoms with Gasteiger partial charge in [-0.15, -0.1) is 0 Å². The number of carbonyl (C=O) groups excluding carboxylic acids is 2. The van der Waals surface area contributed by atoms with E-state index in [2.05, 4.69) is 20.6 Å². The number of nitrogens with one attached hydrogen (secondary N) is 3. The Morgan fingerprint density at radius 1 is 1.37 bits per heavy atom. The van der Waals surface area contributed by atoms with Crippen molar-refractivity contribution in [3.63, 3.8) is 0 Å². The van der Waals surface area contributed by atoms with Gasteiger partial charge in [0.05, 0.1) is 11.0 Å². The topological polar surface area (TPSA) is 113 Å². The van der Waals surface area contributed by atoms with Gasteiger partial charge in [0.15, 0.2) is 0 Å². The number of rotatable bonds is 2. The maximum Gasteiger partial charge on any atom is 0.249 e. The Hall–Kier alpha value is -2.57. The third kappa shape index (κ3) is 2.22. The van der Waals surface area contributed by atoms with Crippen LogP contribution in [0.3, 0.4) is 0 Å². The highest BCUT2D eigenvalue weighted by Crippen LogP contribution is 2.18. The first-order valence-electron chi connectivity index (χ1n) is 5.97. The SMILES string of the molecule is Nc1ccc2nc(NC3CCC(=O)NC3=O)[nH]c2c1. The summed E-state index contributed by atoms with van der Waals surface area (Å²) in [5, 5.41) is 5.28. The number of aromatic amines is 1. The molecule has 1 saturated heterocycles. The monoisotopic (exact) mass is 259 g/mol. The third-order valence-electron chi connectivity index (χ3n) is 3.06. The van der Waals surface area contributed by atoms with E-state index in [1.165, 1.54) is 0 Å². The molecule has 0 saturated carbocycles. The third-order valence-corrected chi connectivity index (χ3v) is 3.06. The fourth-order valence-electron chi connectivity index (χ4n) is 2.09. The van der Waals surface area contributed by atoms with Crippen molar-refractivity contribution in [3.05, 3.63) is 18.2 Å². The van der Waals surface area contributed by atoms with Crippen LogP contribution in [0, 0.1) is 0 Å². The number of nitrogen functional groups attached to an aromatic ring is 1. The summed E-state index contributed by atoms with van der Waals surface area (Å²) in [4.78, 5) is 30.0. The number of nitrogens with two attached hydrogens (primary N) is 1. The minimum absolute atomic E-state index is 0.236. The summed E-state index contributed by atoms with van der Waals surface area (Å²) < 4.78 is 0. The number of nitrogens with zero attached hydrogens (tertiary/aromatic N) is 1. The average Bonchev–Trinajstić information content (AvgIpc) is 2.74. The number of H-pyrrole nitrogens is 1. The quantitative estimate of drug-likeness (QED) is 0.459. The van der Waals surface area contributed by atoms with Crippen LogP contribution in [0.2, 0.25) is 0 Å². The number of fused-ring (bicyclic) bond motifs is 1. The van der Waals surface area contributed by atoms with E-state index < -0.39 is 6.04 Å². The second-order valence-electron chi connectivity index (χ2n) is 4.51. The zero-order valence-corrected chi connectivity index (χ0v) is 10.1. The zero-order chi connectivity index (χ0) is 13.4. The molecule has 1 unspecified atom stereocenters. The van der Waals surface area contributed by atoms with E-state index in [9.17, 15) is 9.59 Å². The number of hydrogen-bond donors (Lipinski definition) is 4. The van der Waals surface area contributed by atoms with Gasteiger partial charge >= 0.3 is 0 Å². The molecule has 2 heterocycles. The normalized spacial score (nSPS) is 19.5. The van der Waals surface area contributed by atoms with Crippen molar-refractivity contribution in [1.29, 1.82) is 0 Å². The largest absolute Gasteiger partial charge is 0.399 e. The van der Waals surface area contributed by atoms with Crippen molar-refractivity contribution in [2.24, 2.45) is 0 Å². The van der Waals surface area contributed by atoms with Gasteiger partial charge in [0.1, 0.15) is 6.04 Å². The lowest BCUT2D eigenvalue weighted by Gasteiger charge is -2.21. The predicted octanol–water partition coefficient (Wildman–Crippen LogP) is 0.362. The highest BCUT2D eigenvalue weighted by Gasteiger charge is 2.26. The van der Waals surface area contributed by atoms with Crippen molar-refractivity contribution in [2.45, 2.75) is 18.9 Å². The zero-order valence-electron chi connectivity index (χ0n) is 10.1. The first-order chi connectivity index (χ1) is 9.11. The molecule has 1 aliphatic rings. The number of benzene rings is 1. The predicted molar refractivity (Wildman–Crippen MR) is 70.3 cm³/mol. The van der Waals surface area contributed by atoms with Crippen LogP contribution in [-0.4, -0.2) is 27.8 Å². The van der Waals surface area contributed by atoms with Gasteiger partial charge in [-0.3, -0.25) is 14.9 Å². The Bertz CT molecular complexity index is 663. The standard InChI is InChI=1S/C12H13N5O2/c13-6-1-2-7-9(5-6)16-12(14-7)15-8-3-4-10(18)17-11(8)19/h1-2,5,8H,3-4,13H2,(H2,14,15,16)(H,17,18,19). The summed E-state index contributed by atoms with van der Waals surface area (Å²) in [6.45, 7) is 0. The highest BCUT2D eigenvalue weighted by atomic mass is 16.2. The lowest BCUT2D eigenvalue weighted by molar-refractivity contribution is -0.133. The Morgan fingerprint density at radius 2 is 2.21 bits per heavy atom. The van der Waals surface area contributed by atoms with E-state index in [-0.39, 0.29) is 11.8 Å². The number of anilines is 2. The van der Waals surface area contributed by atoms with Crippen molar-refractivity contribution >= 4 is 34.5 Å². The number of piperidine rings is 1. The molecule has 1 aromatic heterocycles. The van der Waals surface area contributed by atoms with E-state index in [4.69, 9.17) is 5.73 Å². The molecule has 19 heavy (non-hydrogen) atoms. The minimum Gasteiger partial charge on any atom is -0.399 e. The van der Waals surface area contributed by atoms with Crippen molar-refractivity contribution in [3.8, 4) is 0 Å². The number of hydrogen-bond acceptors (Lipinski definition) is 5. The van der Waals surface area contributed by atoms with Gasteiger partial charge in [-0.2, -0.15) is 0 Å². The number of aromatic nitrogens is 2. The molecule has 98 valence electrons. The van der Waals surface area contributed by atoms with Crippen LogP contribution in [0.15, 0.2) is 18.2 Å². The number of carbonyl (C=O) groups is 2. The second-order valence-corrected chi connectivity index (χ2v) is 4.51. The van der Waals surface area contributed by atoms with E-state index in [1.807, 2.05) is 0 Å². The Kier molecular flexibility index (Phi) is 2.59. The molecule has 0 bridgehead atoms. The maximum atomic E-state index is 11.6. The van der Waals surface area contributed by atoms with Crippen LogP contribution in [-0.2, 0) is 9.59 Å². The maximum absolute atomic E-state index is 11.6. The van der Waals surface area contributed by atoms with E-state index in [0.717, 1.165) is 11.0 Å². The Morgan fingerprint density at radius 3 is 3.00 bits per heavy atom. The summed E-state index contributed by atoms with van der Waals surface area (Å²) >= 11 is 0. The summed E-state index contributed by atoms with van der Waals surface area (Å²) in [6, 6.07) is 4.89. The van der Waals surface area contributed by atoms with Gasteiger partial charge in [-0.1, -0.05) is 0 Å². The molecule has 2 aromatic rings. The van der Waals surface area contributed by atoms with Crippen molar-refractivity contribution in [1.82, 2.24) is 15.3 Å². The van der Waals surface area contributed by atoms with Gasteiger partial charge in [0.25, 0.3) is 0 Å². The van der Waals surface area contributed by atoms with Crippen LogP contribution in [0.5, 0.6) is 0 Å². The molecule has 5 N–H and O–H groups in total. The highest BCUT2D eigenvalue weighted by molar-refractivity contribution is 6.01. The molecular weight excluding hydrogens is 246 g/mol. The van der Waals surface area contributed by atoms with Gasteiger partial charge in [-0.25, -0.2) is 4.98 Å². The van der Waals surface area contributed by atoms with Gasteiger partial charge in [0, 0.05) is 12.1 Å². The van der Waals surface area contributed by atoms with E-state index in [1.54, 1.807) is 18.2 Å². The van der Waals surface area contributed by atoms with Crippen LogP contribution in [0.4, 0.5) is 11.6 Å². The van der Waals surface area contributed by atoms with Gasteiger partial charge in [0.2, 0.25) is 17.8 Å². The Labute approximate surface area is 108 Å². The molecule has 0 aliphatic carbocycles. The molecule has 1 aromatic carbocycles. The van der Waals surface area contributed by atoms with Crippen LogP contribution >= 0.6 is 0 Å². The Balaban J connectivity index is 1.81. The second kappa shape index (κ2) is 4.27. The van der Waals surface area contributed by atoms with Crippen LogP contribution in [0.1, 0.15) is 12.8 Å². The summed E-state index contributed by atoms with van der Waals surface area (Å²) in [5.41, 5.74) is 7.90. The molecule has 7 nitrogen and oxygen atoms in total. The molecule has 1 aliphatic heterocycles. The smallest absolute Gasteiger partial charge is 0.249 e. The molecule has 2 amide bonds. The number of imide groups is 1. The first-order valence-corrected chi connectivity index (χ1v) is 5.97. The molecule has 1 fully saturated rings. The van der Waals surface area contributed by atoms with Gasteiger partial charge in [-0.05, 0) is 24.6 Å². The van der Waals surface area contributed by atoms with E-state index >= 15 is 0 Å². The molecule has 0 spiro atoms. The molecular formula is C12H13N5O2. The summed E-state index contributed by atoms with van der Waals surface area (Å²) in [5.74, 6) is -0.0632. The fourth-order valence-corrected chi connectivity index (χ4v) is 2.09. The fraction of sp³-hybridized carbons (Fsp3) is 0.250. The van der Waals surface area contributed by atoms with Crippen LogP contribution in [0.25, 0.3) is 11.0 Å². The lowest BCUT2D eigenvalue weighted by atomic mass is 10.1. The van der Waals surface area contributed by atoms with Crippen molar-refractivity contribution in [2.75, 3.05) is 11.1 Å². The van der Waals surface area contributed by atoms with Crippen LogP contribution < -0.4 is 16.4 Å². The summed E-state index contributed by atoms with van der Waals surface area (Å²) in [7, 11) is 0. The van der Waals surface area contributed by atoms with Gasteiger partial charge < -0.3 is 16.0 Å². The molecule has 7 heteroatoms. The minimum atomic E-state index is -0.449.